The molecular weight excluding hydrogens is 956 g/mol. The molecule has 370 valence electrons. The fourth-order valence-corrected chi connectivity index (χ4v) is 16.5. The molecule has 0 fully saturated rings. The van der Waals surface area contributed by atoms with Gasteiger partial charge in [0.25, 0.3) is 0 Å². The lowest BCUT2D eigenvalue weighted by atomic mass is 9.58. The van der Waals surface area contributed by atoms with Gasteiger partial charge in [0.05, 0.1) is 11.0 Å². The first-order valence-corrected chi connectivity index (χ1v) is 29.0. The summed E-state index contributed by atoms with van der Waals surface area (Å²) >= 11 is 3.93. The second kappa shape index (κ2) is 15.9. The molecule has 0 spiro atoms. The van der Waals surface area contributed by atoms with Crippen molar-refractivity contribution in [2.45, 2.75) is 96.8 Å². The van der Waals surface area contributed by atoms with Crippen molar-refractivity contribution in [3.05, 3.63) is 198 Å². The number of nitrogens with one attached hydrogen (secondary N) is 1. The lowest BCUT2D eigenvalue weighted by Gasteiger charge is -2.42. The first-order chi connectivity index (χ1) is 36.5. The Balaban J connectivity index is 1.11. The molecule has 4 heterocycles. The molecule has 3 aliphatic rings. The van der Waals surface area contributed by atoms with E-state index in [2.05, 4.69) is 242 Å². The van der Waals surface area contributed by atoms with Gasteiger partial charge in [0.2, 0.25) is 0 Å². The molecule has 2 nitrogen and oxygen atoms in total. The van der Waals surface area contributed by atoms with Crippen LogP contribution in [0.15, 0.2) is 170 Å². The number of thiophene rings is 2. The second-order valence-electron chi connectivity index (χ2n) is 25.2. The Hall–Kier alpha value is -7.18. The van der Waals surface area contributed by atoms with Crippen LogP contribution in [0.3, 0.4) is 0 Å². The van der Waals surface area contributed by atoms with Gasteiger partial charge in [0.1, 0.15) is 0 Å². The van der Waals surface area contributed by atoms with Gasteiger partial charge in [-0.2, -0.15) is 0 Å². The Kier molecular flexibility index (Phi) is 9.68. The molecule has 5 heteroatoms. The van der Waals surface area contributed by atoms with Crippen molar-refractivity contribution in [3.63, 3.8) is 0 Å². The predicted octanol–water partition coefficient (Wildman–Crippen LogP) is 18.8. The van der Waals surface area contributed by atoms with Crippen LogP contribution in [0.5, 0.6) is 0 Å². The van der Waals surface area contributed by atoms with E-state index >= 15 is 0 Å². The first kappa shape index (κ1) is 46.2. The maximum absolute atomic E-state index is 4.14. The van der Waals surface area contributed by atoms with Crippen molar-refractivity contribution in [2.24, 2.45) is 0 Å². The van der Waals surface area contributed by atoms with Crippen molar-refractivity contribution in [3.8, 4) is 49.5 Å². The summed E-state index contributed by atoms with van der Waals surface area (Å²) in [4.78, 5) is 1.32. The highest BCUT2D eigenvalue weighted by atomic mass is 32.1. The van der Waals surface area contributed by atoms with Gasteiger partial charge in [-0.05, 0) is 145 Å². The van der Waals surface area contributed by atoms with Gasteiger partial charge in [0, 0.05) is 79.5 Å². The van der Waals surface area contributed by atoms with Crippen LogP contribution in [0.4, 0.5) is 11.4 Å². The highest BCUT2D eigenvalue weighted by Gasteiger charge is 2.41. The molecule has 0 atom stereocenters. The van der Waals surface area contributed by atoms with Crippen LogP contribution in [0, 0.1) is 0 Å². The van der Waals surface area contributed by atoms with Crippen LogP contribution in [0.1, 0.15) is 103 Å². The molecule has 0 amide bonds. The normalized spacial score (nSPS) is 15.8. The standard InChI is InChI=1S/C71H61BN2S2/c1-68(2,3)42-28-30-43(31-29-42)73-55-37-51-46(44-24-16-18-26-50(44)71(51,8)9)34-47(55)61-62-45-25-17-19-27-58(45)75-67(62)63-48-35-52-53(70(6,7)33-32-69(52,4)5)38-56(48)74-57-36-49-59(39-54(57)72-64(61)65(63)74)76-66(41-22-14-11-15-23-41)60(49)40-20-12-10-13-21-40/h10-31,34-39,72-73H,32-33H2,1-9H3. The van der Waals surface area contributed by atoms with Gasteiger partial charge in [-0.15, -0.1) is 22.7 Å². The van der Waals surface area contributed by atoms with Crippen molar-refractivity contribution in [2.75, 3.05) is 5.32 Å². The monoisotopic (exact) mass is 1020 g/mol. The molecule has 76 heavy (non-hydrogen) atoms. The van der Waals surface area contributed by atoms with Gasteiger partial charge in [-0.3, -0.25) is 0 Å². The van der Waals surface area contributed by atoms with Crippen molar-refractivity contribution < 1.29 is 0 Å². The lowest BCUT2D eigenvalue weighted by molar-refractivity contribution is 0.332. The molecule has 1 N–H and O–H groups in total. The molecule has 0 saturated carbocycles. The lowest BCUT2D eigenvalue weighted by Crippen LogP contribution is -2.37. The van der Waals surface area contributed by atoms with E-state index in [1.807, 2.05) is 22.7 Å². The SMILES string of the molecule is CC(C)(C)c1ccc(Nc2cc3c(cc2-c2c4c5c(c6cc7c(cc6n5-c5cc6c(-c8ccccc8)c(-c8ccccc8)sc6cc5B4)C(C)(C)CCC7(C)C)c4sc5ccccc5c24)-c2ccccc2C3(C)C)cc1. The molecule has 12 aromatic rings. The summed E-state index contributed by atoms with van der Waals surface area (Å²) in [7, 11) is 0.808. The average Bonchev–Trinajstić information content (AvgIpc) is 4.14. The number of fused-ring (bicyclic) bond motifs is 14. The van der Waals surface area contributed by atoms with Crippen molar-refractivity contribution in [1.82, 2.24) is 4.57 Å². The van der Waals surface area contributed by atoms with Gasteiger partial charge < -0.3 is 9.88 Å². The van der Waals surface area contributed by atoms with E-state index in [1.54, 1.807) is 0 Å². The maximum Gasteiger partial charge on any atom is 0.198 e. The minimum Gasteiger partial charge on any atom is -0.355 e. The smallest absolute Gasteiger partial charge is 0.198 e. The second-order valence-corrected chi connectivity index (χ2v) is 27.3. The number of anilines is 2. The largest absolute Gasteiger partial charge is 0.355 e. The number of aromatic nitrogens is 1. The van der Waals surface area contributed by atoms with Crippen LogP contribution in [-0.4, -0.2) is 11.8 Å². The zero-order valence-electron chi connectivity index (χ0n) is 45.1. The number of benzene rings is 9. The molecular formula is C71H61BN2S2. The third kappa shape index (κ3) is 6.58. The van der Waals surface area contributed by atoms with Gasteiger partial charge in [0.15, 0.2) is 7.28 Å². The Bertz CT molecular complexity index is 4440. The van der Waals surface area contributed by atoms with Crippen LogP contribution < -0.4 is 16.2 Å². The summed E-state index contributed by atoms with van der Waals surface area (Å²) < 4.78 is 6.79. The fraction of sp³-hybridized carbons (Fsp3) is 0.211. The van der Waals surface area contributed by atoms with Crippen molar-refractivity contribution >= 4 is 104 Å². The summed E-state index contributed by atoms with van der Waals surface area (Å²) in [5.41, 5.74) is 25.2. The molecule has 1 aliphatic heterocycles. The molecule has 3 aromatic heterocycles. The Morgan fingerprint density at radius 1 is 0.526 bits per heavy atom. The Labute approximate surface area is 455 Å². The summed E-state index contributed by atoms with van der Waals surface area (Å²) in [5.74, 6) is 0. The first-order valence-electron chi connectivity index (χ1n) is 27.4. The molecule has 0 bridgehead atoms. The topological polar surface area (TPSA) is 17.0 Å². The fourth-order valence-electron chi connectivity index (χ4n) is 14.0. The average molecular weight is 1020 g/mol. The van der Waals surface area contributed by atoms with E-state index in [0.717, 1.165) is 25.1 Å². The number of nitrogens with zero attached hydrogens (tertiary/aromatic N) is 1. The Morgan fingerprint density at radius 2 is 1.20 bits per heavy atom. The molecule has 9 aromatic carbocycles. The highest BCUT2D eigenvalue weighted by Crippen LogP contribution is 2.56. The third-order valence-electron chi connectivity index (χ3n) is 18.2. The third-order valence-corrected chi connectivity index (χ3v) is 20.6. The molecule has 0 radical (unpaired) electrons. The maximum atomic E-state index is 4.14. The van der Waals surface area contributed by atoms with Crippen molar-refractivity contribution in [1.29, 1.82) is 0 Å². The summed E-state index contributed by atoms with van der Waals surface area (Å²) in [6.07, 6.45) is 2.33. The summed E-state index contributed by atoms with van der Waals surface area (Å²) in [5, 5.41) is 10.9. The van der Waals surface area contributed by atoms with Crippen LogP contribution in [0.25, 0.3) is 102 Å². The van der Waals surface area contributed by atoms with E-state index in [1.165, 1.54) is 147 Å². The molecule has 2 aliphatic carbocycles. The predicted molar refractivity (Wildman–Crippen MR) is 333 cm³/mol. The van der Waals surface area contributed by atoms with E-state index < -0.39 is 0 Å². The van der Waals surface area contributed by atoms with E-state index in [9.17, 15) is 0 Å². The summed E-state index contributed by atoms with van der Waals surface area (Å²) in [6.45, 7) is 21.7. The van der Waals surface area contributed by atoms with E-state index in [0.29, 0.717) is 0 Å². The van der Waals surface area contributed by atoms with Gasteiger partial charge >= 0.3 is 0 Å². The number of hydrogen-bond acceptors (Lipinski definition) is 3. The Morgan fingerprint density at radius 3 is 1.93 bits per heavy atom. The number of hydrogen-bond donors (Lipinski definition) is 1. The quantitative estimate of drug-likeness (QED) is 0.170. The molecule has 15 rings (SSSR count). The molecule has 0 unspecified atom stereocenters. The van der Waals surface area contributed by atoms with E-state index in [4.69, 9.17) is 0 Å². The number of rotatable bonds is 5. The van der Waals surface area contributed by atoms with Crippen LogP contribution >= 0.6 is 22.7 Å². The minimum absolute atomic E-state index is 0.0384. The zero-order chi connectivity index (χ0) is 51.8. The van der Waals surface area contributed by atoms with Crippen LogP contribution in [0.2, 0.25) is 0 Å². The van der Waals surface area contributed by atoms with Gasteiger partial charge in [-0.25, -0.2) is 0 Å². The minimum atomic E-state index is -0.172. The summed E-state index contributed by atoms with van der Waals surface area (Å²) in [6, 6.07) is 65.4. The van der Waals surface area contributed by atoms with E-state index in [-0.39, 0.29) is 21.7 Å². The van der Waals surface area contributed by atoms with Gasteiger partial charge in [-0.1, -0.05) is 183 Å². The zero-order valence-corrected chi connectivity index (χ0v) is 46.7. The highest BCUT2D eigenvalue weighted by molar-refractivity contribution is 7.27. The van der Waals surface area contributed by atoms with Crippen LogP contribution in [-0.2, 0) is 21.7 Å². The molecule has 0 saturated heterocycles.